The van der Waals surface area contributed by atoms with E-state index in [2.05, 4.69) is 16.3 Å². The van der Waals surface area contributed by atoms with Crippen molar-refractivity contribution in [2.45, 2.75) is 51.2 Å². The zero-order valence-corrected chi connectivity index (χ0v) is 20.2. The van der Waals surface area contributed by atoms with E-state index in [-0.39, 0.29) is 17.9 Å². The second-order valence-corrected chi connectivity index (χ2v) is 9.49. The number of likely N-dealkylation sites (tertiary alicyclic amines) is 1. The molecule has 2 aliphatic heterocycles. The zero-order chi connectivity index (χ0) is 23.4. The summed E-state index contributed by atoms with van der Waals surface area (Å²) in [6.07, 6.45) is 4.37. The third-order valence-corrected chi connectivity index (χ3v) is 6.85. The number of hydrogen-bond donors (Lipinski definition) is 1. The molecule has 2 heterocycles. The molecular weight excluding hydrogens is 461 g/mol. The molecule has 0 radical (unpaired) electrons. The van der Waals surface area contributed by atoms with E-state index in [9.17, 15) is 9.59 Å². The van der Waals surface area contributed by atoms with Crippen molar-refractivity contribution < 1.29 is 14.3 Å². The quantitative estimate of drug-likeness (QED) is 0.612. The maximum atomic E-state index is 12.8. The van der Waals surface area contributed by atoms with E-state index in [0.717, 1.165) is 49.5 Å². The van der Waals surface area contributed by atoms with E-state index in [4.69, 9.17) is 27.9 Å². The molecule has 0 bridgehead atoms. The second-order valence-electron chi connectivity index (χ2n) is 8.64. The Balaban J connectivity index is 1.32. The van der Waals surface area contributed by atoms with Crippen LogP contribution in [-0.2, 0) is 9.59 Å². The van der Waals surface area contributed by atoms with Crippen LogP contribution in [0.4, 0.5) is 11.4 Å². The summed E-state index contributed by atoms with van der Waals surface area (Å²) in [5.41, 5.74) is 1.72. The lowest BCUT2D eigenvalue weighted by Gasteiger charge is -2.34. The molecule has 2 aromatic rings. The monoisotopic (exact) mass is 489 g/mol. The molecule has 0 spiro atoms. The molecule has 4 rings (SSSR count). The summed E-state index contributed by atoms with van der Waals surface area (Å²) in [4.78, 5) is 28.6. The molecule has 2 saturated heterocycles. The first kappa shape index (κ1) is 23.7. The number of anilines is 2. The minimum Gasteiger partial charge on any atom is -0.489 e. The molecule has 2 fully saturated rings. The Bertz CT molecular complexity index is 1010. The predicted octanol–water partition coefficient (Wildman–Crippen LogP) is 5.38. The normalized spacial score (nSPS) is 19.3. The maximum absolute atomic E-state index is 12.8. The molecule has 176 valence electrons. The molecule has 1 N–H and O–H groups in total. The summed E-state index contributed by atoms with van der Waals surface area (Å²) in [7, 11) is 0. The lowest BCUT2D eigenvalue weighted by molar-refractivity contribution is -0.138. The molecule has 0 saturated carbocycles. The van der Waals surface area contributed by atoms with Gasteiger partial charge < -0.3 is 19.9 Å². The van der Waals surface area contributed by atoms with Crippen LogP contribution in [-0.4, -0.2) is 48.5 Å². The minimum atomic E-state index is -0.435. The number of nitrogens with zero attached hydrogens (tertiary/aromatic N) is 2. The summed E-state index contributed by atoms with van der Waals surface area (Å²) < 4.78 is 6.17. The zero-order valence-electron chi connectivity index (χ0n) is 18.7. The highest BCUT2D eigenvalue weighted by atomic mass is 35.5. The summed E-state index contributed by atoms with van der Waals surface area (Å²) in [6.45, 7) is 3.89. The van der Waals surface area contributed by atoms with Crippen molar-refractivity contribution in [1.29, 1.82) is 0 Å². The number of amides is 2. The number of halogens is 2. The number of ether oxygens (including phenoxy) is 1. The Morgan fingerprint density at radius 2 is 1.79 bits per heavy atom. The fourth-order valence-corrected chi connectivity index (χ4v) is 4.97. The predicted molar refractivity (Wildman–Crippen MR) is 132 cm³/mol. The van der Waals surface area contributed by atoms with E-state index in [0.29, 0.717) is 29.4 Å². The van der Waals surface area contributed by atoms with Crippen LogP contribution in [0.2, 0.25) is 10.0 Å². The Morgan fingerprint density at radius 3 is 2.48 bits per heavy atom. The van der Waals surface area contributed by atoms with E-state index >= 15 is 0 Å². The fraction of sp³-hybridized carbons (Fsp3) is 0.440. The summed E-state index contributed by atoms with van der Waals surface area (Å²) in [5.74, 6) is 0.361. The standard InChI is InChI=1S/C25H29Cl2N3O3/c1-17(31)30-12-3-2-7-23(30)25(32)28-19-8-9-24(22(27)16-19)33-21-10-13-29(14-11-21)20-6-4-5-18(26)15-20/h4-6,8-9,15-16,21,23H,2-3,7,10-14H2,1H3,(H,28,32). The Kier molecular flexibility index (Phi) is 7.66. The van der Waals surface area contributed by atoms with Crippen molar-refractivity contribution >= 4 is 46.4 Å². The molecule has 2 aromatic carbocycles. The van der Waals surface area contributed by atoms with E-state index in [1.165, 1.54) is 6.92 Å². The molecule has 6 nitrogen and oxygen atoms in total. The largest absolute Gasteiger partial charge is 0.489 e. The summed E-state index contributed by atoms with van der Waals surface area (Å²) in [6, 6.07) is 12.8. The lowest BCUT2D eigenvalue weighted by atomic mass is 10.0. The molecule has 1 atom stereocenters. The second kappa shape index (κ2) is 10.7. The summed E-state index contributed by atoms with van der Waals surface area (Å²) >= 11 is 12.6. The Morgan fingerprint density at radius 1 is 1.00 bits per heavy atom. The van der Waals surface area contributed by atoms with Crippen LogP contribution in [0.3, 0.4) is 0 Å². The molecule has 1 unspecified atom stereocenters. The maximum Gasteiger partial charge on any atom is 0.247 e. The van der Waals surface area contributed by atoms with Crippen LogP contribution in [0.1, 0.15) is 39.0 Å². The SMILES string of the molecule is CC(=O)N1CCCCC1C(=O)Nc1ccc(OC2CCN(c3cccc(Cl)c3)CC2)c(Cl)c1. The topological polar surface area (TPSA) is 61.9 Å². The molecule has 2 amide bonds. The van der Waals surface area contributed by atoms with Crippen LogP contribution in [0.15, 0.2) is 42.5 Å². The highest BCUT2D eigenvalue weighted by molar-refractivity contribution is 6.32. The van der Waals surface area contributed by atoms with E-state index in [1.54, 1.807) is 23.1 Å². The van der Waals surface area contributed by atoms with Gasteiger partial charge in [-0.1, -0.05) is 29.3 Å². The third kappa shape index (κ3) is 5.92. The van der Waals surface area contributed by atoms with Crippen LogP contribution >= 0.6 is 23.2 Å². The van der Waals surface area contributed by atoms with Crippen molar-refractivity contribution in [2.75, 3.05) is 29.9 Å². The highest BCUT2D eigenvalue weighted by Crippen LogP contribution is 2.31. The van der Waals surface area contributed by atoms with Crippen molar-refractivity contribution in [3.8, 4) is 5.75 Å². The van der Waals surface area contributed by atoms with Crippen molar-refractivity contribution in [1.82, 2.24) is 4.90 Å². The lowest BCUT2D eigenvalue weighted by Crippen LogP contribution is -2.49. The van der Waals surface area contributed by atoms with Gasteiger partial charge in [-0.3, -0.25) is 9.59 Å². The van der Waals surface area contributed by atoms with Gasteiger partial charge in [0.15, 0.2) is 0 Å². The number of hydrogen-bond acceptors (Lipinski definition) is 4. The smallest absolute Gasteiger partial charge is 0.247 e. The van der Waals surface area contributed by atoms with Gasteiger partial charge in [-0.25, -0.2) is 0 Å². The minimum absolute atomic E-state index is 0.0713. The van der Waals surface area contributed by atoms with Crippen LogP contribution < -0.4 is 15.0 Å². The Labute approximate surface area is 204 Å². The molecule has 33 heavy (non-hydrogen) atoms. The number of rotatable bonds is 5. The van der Waals surface area contributed by atoms with Crippen LogP contribution in [0.5, 0.6) is 5.75 Å². The van der Waals surface area contributed by atoms with E-state index in [1.807, 2.05) is 18.2 Å². The average molecular weight is 490 g/mol. The molecule has 0 aliphatic carbocycles. The molecular formula is C25H29Cl2N3O3. The third-order valence-electron chi connectivity index (χ3n) is 6.32. The van der Waals surface area contributed by atoms with Crippen molar-refractivity contribution in [3.63, 3.8) is 0 Å². The first-order valence-electron chi connectivity index (χ1n) is 11.5. The van der Waals surface area contributed by atoms with Crippen LogP contribution in [0.25, 0.3) is 0 Å². The molecule has 8 heteroatoms. The van der Waals surface area contributed by atoms with Gasteiger partial charge in [-0.15, -0.1) is 0 Å². The van der Waals surface area contributed by atoms with Gasteiger partial charge in [0.1, 0.15) is 17.9 Å². The highest BCUT2D eigenvalue weighted by Gasteiger charge is 2.30. The first-order valence-corrected chi connectivity index (χ1v) is 12.2. The van der Waals surface area contributed by atoms with Crippen molar-refractivity contribution in [2.24, 2.45) is 0 Å². The average Bonchev–Trinajstić information content (AvgIpc) is 2.81. The van der Waals surface area contributed by atoms with E-state index < -0.39 is 6.04 Å². The number of nitrogens with one attached hydrogen (secondary N) is 1. The van der Waals surface area contributed by atoms with Gasteiger partial charge in [0.05, 0.1) is 5.02 Å². The van der Waals surface area contributed by atoms with Gasteiger partial charge in [0.2, 0.25) is 11.8 Å². The van der Waals surface area contributed by atoms with Gasteiger partial charge >= 0.3 is 0 Å². The van der Waals surface area contributed by atoms with Gasteiger partial charge in [-0.2, -0.15) is 0 Å². The van der Waals surface area contributed by atoms with Gasteiger partial charge in [-0.05, 0) is 55.7 Å². The van der Waals surface area contributed by atoms with Crippen molar-refractivity contribution in [3.05, 3.63) is 52.5 Å². The van der Waals surface area contributed by atoms with Gasteiger partial charge in [0, 0.05) is 55.8 Å². The number of carbonyl (C=O) groups is 2. The fourth-order valence-electron chi connectivity index (χ4n) is 4.57. The summed E-state index contributed by atoms with van der Waals surface area (Å²) in [5, 5.41) is 4.10. The first-order chi connectivity index (χ1) is 15.9. The Hall–Kier alpha value is -2.44. The molecule has 0 aromatic heterocycles. The van der Waals surface area contributed by atoms with Crippen LogP contribution in [0, 0.1) is 0 Å². The number of benzene rings is 2. The molecule has 2 aliphatic rings. The van der Waals surface area contributed by atoms with Gasteiger partial charge in [0.25, 0.3) is 0 Å². The number of carbonyl (C=O) groups excluding carboxylic acids is 2. The number of piperidine rings is 2.